The first-order valence-corrected chi connectivity index (χ1v) is 14.6. The average Bonchev–Trinajstić information content (AvgIpc) is 2.43. The van der Waals surface area contributed by atoms with E-state index >= 15 is 0 Å². The lowest BCUT2D eigenvalue weighted by Crippen LogP contribution is -2.34. The Morgan fingerprint density at radius 2 is 1.25 bits per heavy atom. The van der Waals surface area contributed by atoms with Crippen molar-refractivity contribution in [3.05, 3.63) is 0 Å². The number of halogens is 1. The topological polar surface area (TPSA) is 0 Å². The first-order chi connectivity index (χ1) is 11.1. The Morgan fingerprint density at radius 1 is 0.792 bits per heavy atom. The van der Waals surface area contributed by atoms with Crippen LogP contribution in [0.5, 0.6) is 0 Å². The third-order valence-electron chi connectivity index (χ3n) is 7.14. The molecule has 0 radical (unpaired) electrons. The van der Waals surface area contributed by atoms with Crippen molar-refractivity contribution < 1.29 is 0 Å². The maximum Gasteiger partial charge on any atom is 0.146 e. The summed E-state index contributed by atoms with van der Waals surface area (Å²) in [5.74, 6) is 1.09. The van der Waals surface area contributed by atoms with Crippen molar-refractivity contribution in [1.82, 2.24) is 0 Å². The van der Waals surface area contributed by atoms with E-state index in [4.69, 9.17) is 0 Å². The van der Waals surface area contributed by atoms with Crippen molar-refractivity contribution >= 4 is 28.2 Å². The summed E-state index contributed by atoms with van der Waals surface area (Å²) in [7, 11) is 0. The van der Waals surface area contributed by atoms with Crippen LogP contribution in [0.2, 0.25) is 18.0 Å². The molecule has 0 aromatic heterocycles. The van der Waals surface area contributed by atoms with Crippen molar-refractivity contribution in [2.75, 3.05) is 6.16 Å². The fourth-order valence-corrected chi connectivity index (χ4v) is 10.6. The van der Waals surface area contributed by atoms with Gasteiger partial charge in [0.25, 0.3) is 0 Å². The summed E-state index contributed by atoms with van der Waals surface area (Å²) >= 11 is 4.31. The second kappa shape index (κ2) is 8.33. The zero-order valence-electron chi connectivity index (χ0n) is 17.3. The van der Waals surface area contributed by atoms with Gasteiger partial charge in [-0.3, -0.25) is 0 Å². The van der Waals surface area contributed by atoms with Gasteiger partial charge in [-0.05, 0) is 48.0 Å². The molecule has 24 heavy (non-hydrogen) atoms. The van der Waals surface area contributed by atoms with Crippen LogP contribution in [0.25, 0.3) is 0 Å². The Bertz CT molecular complexity index is 360. The van der Waals surface area contributed by atoms with Crippen molar-refractivity contribution in [2.45, 2.75) is 128 Å². The predicted molar refractivity (Wildman–Crippen MR) is 120 cm³/mol. The molecule has 0 aliphatic carbocycles. The quantitative estimate of drug-likeness (QED) is 0.231. The molecule has 0 N–H and O–H groups in total. The zero-order chi connectivity index (χ0) is 18.0. The number of hydrogen-bond donors (Lipinski definition) is 0. The minimum absolute atomic E-state index is 0.408. The maximum atomic E-state index is 4.31. The van der Waals surface area contributed by atoms with Gasteiger partial charge in [0.15, 0.2) is 0 Å². The predicted octanol–water partition coefficient (Wildman–Crippen LogP) is 8.68. The van der Waals surface area contributed by atoms with Crippen LogP contribution in [0.15, 0.2) is 0 Å². The molecule has 3 heteroatoms. The first-order valence-electron chi connectivity index (χ1n) is 10.6. The highest BCUT2D eigenvalue weighted by molar-refractivity contribution is 9.42. The van der Waals surface area contributed by atoms with Gasteiger partial charge in [0.2, 0.25) is 0 Å². The fraction of sp³-hybridized carbons (Fsp3) is 1.00. The molecule has 0 spiro atoms. The summed E-state index contributed by atoms with van der Waals surface area (Å²) in [4.78, 5) is 0. The van der Waals surface area contributed by atoms with E-state index in [1.54, 1.807) is 25.7 Å². The number of fused-ring (bicyclic) bond motifs is 2. The van der Waals surface area contributed by atoms with Gasteiger partial charge in [-0.25, -0.2) is 0 Å². The minimum Gasteiger partial charge on any atom is -0.0737 e. The average molecular weight is 416 g/mol. The van der Waals surface area contributed by atoms with Crippen LogP contribution in [0.1, 0.15) is 99.3 Å². The van der Waals surface area contributed by atoms with Crippen LogP contribution in [-0.2, 0) is 0 Å². The summed E-state index contributed by atoms with van der Waals surface area (Å²) in [5, 5.41) is 0.817. The molecule has 0 saturated carbocycles. The summed E-state index contributed by atoms with van der Waals surface area (Å²) in [6, 6.07) is 0. The molecular weight excluding hydrogens is 374 g/mol. The van der Waals surface area contributed by atoms with Gasteiger partial charge in [-0.1, -0.05) is 69.3 Å². The highest BCUT2D eigenvalue weighted by Crippen LogP contribution is 2.82. The number of unbranched alkanes of at least 4 members (excludes halogenated alkanes) is 2. The Hall–Kier alpha value is 0.975. The monoisotopic (exact) mass is 415 g/mol. The second-order valence-electron chi connectivity index (χ2n) is 10.7. The molecule has 2 heterocycles. The van der Waals surface area contributed by atoms with E-state index in [9.17, 15) is 0 Å². The van der Waals surface area contributed by atoms with E-state index in [1.807, 2.05) is 0 Å². The van der Waals surface area contributed by atoms with Crippen molar-refractivity contribution in [3.63, 3.8) is 0 Å². The summed E-state index contributed by atoms with van der Waals surface area (Å²) < 4.78 is 0. The number of hydrogen-bond acceptors (Lipinski definition) is 0. The molecule has 0 aromatic rings. The summed E-state index contributed by atoms with van der Waals surface area (Å²) in [6.07, 6.45) is 16.6. The fourth-order valence-electron chi connectivity index (χ4n) is 5.85. The third kappa shape index (κ3) is 4.82. The zero-order valence-corrected chi connectivity index (χ0v) is 19.8. The van der Waals surface area contributed by atoms with Gasteiger partial charge >= 0.3 is 0 Å². The Labute approximate surface area is 161 Å². The van der Waals surface area contributed by atoms with E-state index in [1.165, 1.54) is 44.6 Å². The maximum absolute atomic E-state index is 4.31. The van der Waals surface area contributed by atoms with Gasteiger partial charge in [-0.2, -0.15) is 0 Å². The van der Waals surface area contributed by atoms with E-state index in [2.05, 4.69) is 57.0 Å². The highest BCUT2D eigenvalue weighted by Gasteiger charge is 2.56. The van der Waals surface area contributed by atoms with Gasteiger partial charge in [0.05, 0.1) is 22.4 Å². The lowest BCUT2D eigenvalue weighted by atomic mass is 9.26. The molecule has 0 atom stereocenters. The Balaban J connectivity index is 1.78. The van der Waals surface area contributed by atoms with Gasteiger partial charge in [-0.15, -0.1) is 0 Å². The summed E-state index contributed by atoms with van der Waals surface area (Å²) in [5.41, 5.74) is 0. The smallest absolute Gasteiger partial charge is 0.0737 e. The second-order valence-corrected chi connectivity index (χ2v) is 18.9. The lowest BCUT2D eigenvalue weighted by Gasteiger charge is -2.42. The van der Waals surface area contributed by atoms with Gasteiger partial charge in [0, 0.05) is 0 Å². The van der Waals surface area contributed by atoms with E-state index in [0.29, 0.717) is 10.3 Å². The van der Waals surface area contributed by atoms with Crippen molar-refractivity contribution in [1.29, 1.82) is 0 Å². The molecule has 0 aromatic carbocycles. The van der Waals surface area contributed by atoms with Crippen LogP contribution in [0.4, 0.5) is 0 Å². The first kappa shape index (κ1) is 21.3. The van der Waals surface area contributed by atoms with Crippen LogP contribution >= 0.6 is 21.5 Å². The van der Waals surface area contributed by atoms with Crippen molar-refractivity contribution in [2.24, 2.45) is 0 Å². The van der Waals surface area contributed by atoms with E-state index in [0.717, 1.165) is 18.3 Å². The molecule has 2 bridgehead atoms. The van der Waals surface area contributed by atoms with Crippen LogP contribution in [-0.4, -0.2) is 23.2 Å². The molecule has 140 valence electrons. The SMILES string of the molecule is CC(C)(C)[P+](Br)(CCCCCB1C2CCCC1CCC2)C(C)(C)C. The largest absolute Gasteiger partial charge is 0.146 e. The van der Waals surface area contributed by atoms with Crippen LogP contribution < -0.4 is 0 Å². The summed E-state index contributed by atoms with van der Waals surface area (Å²) in [6.45, 7) is 15.8. The third-order valence-corrected chi connectivity index (χ3v) is 19.8. The van der Waals surface area contributed by atoms with Gasteiger partial charge in [0.1, 0.15) is 22.2 Å². The van der Waals surface area contributed by atoms with Crippen LogP contribution in [0, 0.1) is 0 Å². The van der Waals surface area contributed by atoms with E-state index in [-0.39, 0.29) is 0 Å². The van der Waals surface area contributed by atoms with Gasteiger partial charge < -0.3 is 0 Å². The van der Waals surface area contributed by atoms with Crippen LogP contribution in [0.3, 0.4) is 0 Å². The molecule has 2 aliphatic heterocycles. The molecule has 0 nitrogen and oxygen atoms in total. The number of rotatable bonds is 6. The molecule has 2 rings (SSSR count). The molecule has 2 fully saturated rings. The normalized spacial score (nSPS) is 25.9. The van der Waals surface area contributed by atoms with Crippen molar-refractivity contribution in [3.8, 4) is 0 Å². The molecular formula is C21H42BBrP+. The molecule has 2 aliphatic rings. The molecule has 0 unspecified atom stereocenters. The molecule has 0 amide bonds. The molecule has 2 saturated heterocycles. The highest BCUT2D eigenvalue weighted by atomic mass is 79.9. The Kier molecular flexibility index (Phi) is 7.39. The Morgan fingerprint density at radius 3 is 1.67 bits per heavy atom. The lowest BCUT2D eigenvalue weighted by molar-refractivity contribution is 0.440. The standard InChI is InChI=1S/C21H42BBrP/c1-20(2,3)24(23,21(4,5)6)17-9-7-8-16-22-18-12-10-13-19(22)15-11-14-18/h18-19H,7-17H2,1-6H3/q+1. The minimum atomic E-state index is -1.12. The van der Waals surface area contributed by atoms with E-state index < -0.39 is 5.96 Å².